The Morgan fingerprint density at radius 2 is 1.96 bits per heavy atom. The molecule has 0 fully saturated rings. The van der Waals surface area contributed by atoms with Crippen LogP contribution in [0.2, 0.25) is 0 Å². The van der Waals surface area contributed by atoms with E-state index in [1.165, 1.54) is 0 Å². The highest BCUT2D eigenvalue weighted by atomic mass is 16.6. The first kappa shape index (κ1) is 18.1. The summed E-state index contributed by atoms with van der Waals surface area (Å²) in [6.45, 7) is 6.86. The summed E-state index contributed by atoms with van der Waals surface area (Å²) in [6.07, 6.45) is 0. The number of hydrogen-bond donors (Lipinski definition) is 1. The third kappa shape index (κ3) is 3.81. The van der Waals surface area contributed by atoms with Crippen LogP contribution in [0.3, 0.4) is 0 Å². The van der Waals surface area contributed by atoms with Crippen molar-refractivity contribution in [1.29, 1.82) is 10.5 Å². The molecule has 0 radical (unpaired) electrons. The maximum atomic E-state index is 12.7. The predicted molar refractivity (Wildman–Crippen MR) is 90.4 cm³/mol. The van der Waals surface area contributed by atoms with Crippen molar-refractivity contribution in [2.24, 2.45) is 5.73 Å². The molecular weight excluding hydrogens is 318 g/mol. The molecule has 0 aliphatic carbocycles. The van der Waals surface area contributed by atoms with Crippen LogP contribution in [0.15, 0.2) is 47.1 Å². The maximum absolute atomic E-state index is 12.7. The van der Waals surface area contributed by atoms with E-state index >= 15 is 0 Å². The fourth-order valence-corrected chi connectivity index (χ4v) is 2.60. The lowest BCUT2D eigenvalue weighted by atomic mass is 9.82. The molecule has 1 aromatic rings. The lowest BCUT2D eigenvalue weighted by Gasteiger charge is -2.29. The molecule has 0 aromatic heterocycles. The van der Waals surface area contributed by atoms with Gasteiger partial charge in [-0.25, -0.2) is 4.79 Å². The Morgan fingerprint density at radius 1 is 1.28 bits per heavy atom. The number of nitrogens with two attached hydrogens (primary N) is 1. The Hall–Kier alpha value is -3.25. The van der Waals surface area contributed by atoms with E-state index < -0.39 is 17.5 Å². The smallest absolute Gasteiger partial charge is 0.338 e. The Balaban J connectivity index is 2.62. The number of rotatable bonds is 2. The summed E-state index contributed by atoms with van der Waals surface area (Å²) >= 11 is 0. The zero-order valence-corrected chi connectivity index (χ0v) is 14.6. The number of benzene rings is 1. The Labute approximate surface area is 146 Å². The Kier molecular flexibility index (Phi) is 4.85. The summed E-state index contributed by atoms with van der Waals surface area (Å²) in [7, 11) is 0. The maximum Gasteiger partial charge on any atom is 0.338 e. The standard InChI is InChI=1S/C19H19N3O3/c1-11-15(18(23)25-19(2,3)4)16(14(10-21)17(22)24-11)13-7-5-6-12(8-13)9-20/h5-8,16H,22H2,1-4H3. The highest BCUT2D eigenvalue weighted by Crippen LogP contribution is 2.40. The van der Waals surface area contributed by atoms with Gasteiger partial charge in [-0.05, 0) is 45.4 Å². The quantitative estimate of drug-likeness (QED) is 0.831. The molecule has 0 amide bonds. The van der Waals surface area contributed by atoms with Gasteiger partial charge in [-0.15, -0.1) is 0 Å². The van der Waals surface area contributed by atoms with Crippen LogP contribution >= 0.6 is 0 Å². The second kappa shape index (κ2) is 6.70. The monoisotopic (exact) mass is 337 g/mol. The van der Waals surface area contributed by atoms with Gasteiger partial charge >= 0.3 is 5.97 Å². The number of ether oxygens (including phenoxy) is 2. The highest BCUT2D eigenvalue weighted by Gasteiger charge is 2.37. The van der Waals surface area contributed by atoms with E-state index in [9.17, 15) is 10.1 Å². The first-order valence-electron chi connectivity index (χ1n) is 7.69. The number of hydrogen-bond acceptors (Lipinski definition) is 6. The van der Waals surface area contributed by atoms with Crippen LogP contribution in [0.5, 0.6) is 0 Å². The first-order chi connectivity index (χ1) is 11.7. The molecule has 2 rings (SSSR count). The molecule has 0 bridgehead atoms. The second-order valence-corrected chi connectivity index (χ2v) is 6.63. The van der Waals surface area contributed by atoms with E-state index in [-0.39, 0.29) is 22.8 Å². The molecule has 25 heavy (non-hydrogen) atoms. The van der Waals surface area contributed by atoms with Crippen LogP contribution in [0.1, 0.15) is 44.7 Å². The van der Waals surface area contributed by atoms with E-state index in [2.05, 4.69) is 6.07 Å². The number of nitrogens with zero attached hydrogens (tertiary/aromatic N) is 2. The van der Waals surface area contributed by atoms with E-state index in [1.807, 2.05) is 6.07 Å². The molecule has 128 valence electrons. The summed E-state index contributed by atoms with van der Waals surface area (Å²) in [5.74, 6) is -1.11. The van der Waals surface area contributed by atoms with E-state index in [0.717, 1.165) is 0 Å². The summed E-state index contributed by atoms with van der Waals surface area (Å²) in [4.78, 5) is 12.7. The van der Waals surface area contributed by atoms with Crippen LogP contribution in [0.4, 0.5) is 0 Å². The molecular formula is C19H19N3O3. The van der Waals surface area contributed by atoms with Crippen molar-refractivity contribution in [3.63, 3.8) is 0 Å². The van der Waals surface area contributed by atoms with Crippen LogP contribution in [0, 0.1) is 22.7 Å². The number of allylic oxidation sites excluding steroid dienone is 2. The molecule has 1 aromatic carbocycles. The molecule has 1 aliphatic heterocycles. The Bertz CT molecular complexity index is 861. The lowest BCUT2D eigenvalue weighted by Crippen LogP contribution is -2.30. The highest BCUT2D eigenvalue weighted by molar-refractivity contribution is 5.92. The average Bonchev–Trinajstić information content (AvgIpc) is 2.52. The van der Waals surface area contributed by atoms with Gasteiger partial charge in [-0.1, -0.05) is 12.1 Å². The number of carbonyl (C=O) groups is 1. The van der Waals surface area contributed by atoms with Crippen LogP contribution in [0.25, 0.3) is 0 Å². The molecule has 1 unspecified atom stereocenters. The molecule has 0 saturated heterocycles. The molecule has 6 nitrogen and oxygen atoms in total. The minimum Gasteiger partial charge on any atom is -0.456 e. The molecule has 0 saturated carbocycles. The minimum absolute atomic E-state index is 0.0559. The fourth-order valence-electron chi connectivity index (χ4n) is 2.60. The van der Waals surface area contributed by atoms with E-state index in [0.29, 0.717) is 11.1 Å². The molecule has 2 N–H and O–H groups in total. The molecule has 1 atom stereocenters. The van der Waals surface area contributed by atoms with Gasteiger partial charge in [0.05, 0.1) is 23.1 Å². The molecule has 6 heteroatoms. The van der Waals surface area contributed by atoms with Crippen molar-refractivity contribution < 1.29 is 14.3 Å². The number of nitriles is 2. The van der Waals surface area contributed by atoms with Crippen molar-refractivity contribution in [3.05, 3.63) is 58.2 Å². The van der Waals surface area contributed by atoms with Gasteiger partial charge in [0.2, 0.25) is 5.88 Å². The van der Waals surface area contributed by atoms with Gasteiger partial charge in [-0.3, -0.25) is 0 Å². The van der Waals surface area contributed by atoms with Crippen molar-refractivity contribution in [3.8, 4) is 12.1 Å². The summed E-state index contributed by atoms with van der Waals surface area (Å²) in [5, 5.41) is 18.7. The largest absolute Gasteiger partial charge is 0.456 e. The van der Waals surface area contributed by atoms with Gasteiger partial charge in [0, 0.05) is 0 Å². The Morgan fingerprint density at radius 3 is 2.52 bits per heavy atom. The summed E-state index contributed by atoms with van der Waals surface area (Å²) < 4.78 is 10.9. The van der Waals surface area contributed by atoms with E-state index in [4.69, 9.17) is 20.5 Å². The first-order valence-corrected chi connectivity index (χ1v) is 7.69. The van der Waals surface area contributed by atoms with Gasteiger partial charge in [0.25, 0.3) is 0 Å². The molecule has 1 aliphatic rings. The van der Waals surface area contributed by atoms with Crippen LogP contribution < -0.4 is 5.73 Å². The normalized spacial score (nSPS) is 17.4. The van der Waals surface area contributed by atoms with Crippen LogP contribution in [-0.2, 0) is 14.3 Å². The van der Waals surface area contributed by atoms with Crippen LogP contribution in [-0.4, -0.2) is 11.6 Å². The van der Waals surface area contributed by atoms with Gasteiger partial charge < -0.3 is 15.2 Å². The molecule has 1 heterocycles. The zero-order valence-electron chi connectivity index (χ0n) is 14.6. The summed E-state index contributed by atoms with van der Waals surface area (Å²) in [5.41, 5.74) is 6.48. The predicted octanol–water partition coefficient (Wildman–Crippen LogP) is 2.98. The average molecular weight is 337 g/mol. The molecule has 0 spiro atoms. The van der Waals surface area contributed by atoms with E-state index in [1.54, 1.807) is 52.0 Å². The zero-order chi connectivity index (χ0) is 18.8. The summed E-state index contributed by atoms with van der Waals surface area (Å²) in [6, 6.07) is 10.8. The van der Waals surface area contributed by atoms with Gasteiger partial charge in [-0.2, -0.15) is 10.5 Å². The fraction of sp³-hybridized carbons (Fsp3) is 0.316. The SMILES string of the molecule is CC1=C(C(=O)OC(C)(C)C)C(c2cccc(C#N)c2)C(C#N)=C(N)O1. The number of carbonyl (C=O) groups excluding carboxylic acids is 1. The third-order valence-corrected chi connectivity index (χ3v) is 3.57. The third-order valence-electron chi connectivity index (χ3n) is 3.57. The topological polar surface area (TPSA) is 109 Å². The van der Waals surface area contributed by atoms with Crippen molar-refractivity contribution >= 4 is 5.97 Å². The van der Waals surface area contributed by atoms with Gasteiger partial charge in [0.1, 0.15) is 23.0 Å². The minimum atomic E-state index is -0.748. The number of esters is 1. The van der Waals surface area contributed by atoms with Crippen molar-refractivity contribution in [2.45, 2.75) is 39.2 Å². The van der Waals surface area contributed by atoms with Crippen molar-refractivity contribution in [2.75, 3.05) is 0 Å². The second-order valence-electron chi connectivity index (χ2n) is 6.63. The van der Waals surface area contributed by atoms with Gasteiger partial charge in [0.15, 0.2) is 0 Å². The van der Waals surface area contributed by atoms with Crippen molar-refractivity contribution in [1.82, 2.24) is 0 Å². The lowest BCUT2D eigenvalue weighted by molar-refractivity contribution is -0.150.